The molecule has 53 heavy (non-hydrogen) atoms. The van der Waals surface area contributed by atoms with Crippen molar-refractivity contribution in [1.82, 2.24) is 0 Å². The Labute approximate surface area is 305 Å². The van der Waals surface area contributed by atoms with E-state index in [0.717, 1.165) is 71.5 Å². The Morgan fingerprint density at radius 1 is 0.472 bits per heavy atom. The topological polar surface area (TPSA) is 26.3 Å². The fourth-order valence-electron chi connectivity index (χ4n) is 8.23. The number of benzene rings is 7. The molecule has 9 aromatic rings. The van der Waals surface area contributed by atoms with Gasteiger partial charge in [-0.25, -0.2) is 0 Å². The van der Waals surface area contributed by atoms with Crippen molar-refractivity contribution in [3.05, 3.63) is 144 Å². The van der Waals surface area contributed by atoms with Crippen molar-refractivity contribution in [3.8, 4) is 33.4 Å². The molecule has 2 heterocycles. The van der Waals surface area contributed by atoms with Crippen LogP contribution in [0.25, 0.3) is 87.6 Å². The van der Waals surface area contributed by atoms with Crippen molar-refractivity contribution in [2.45, 2.75) is 52.6 Å². The molecule has 0 fully saturated rings. The van der Waals surface area contributed by atoms with Crippen LogP contribution in [0.5, 0.6) is 0 Å². The molecule has 0 N–H and O–H groups in total. The summed E-state index contributed by atoms with van der Waals surface area (Å²) in [4.78, 5) is 0. The van der Waals surface area contributed by atoms with Gasteiger partial charge in [0, 0.05) is 33.4 Å². The highest BCUT2D eigenvalue weighted by Crippen LogP contribution is 2.51. The lowest BCUT2D eigenvalue weighted by Crippen LogP contribution is -2.08. The van der Waals surface area contributed by atoms with Crippen LogP contribution in [0, 0.1) is 6.92 Å². The first-order valence-corrected chi connectivity index (χ1v) is 18.1. The monoisotopic (exact) mass is 702 g/mol. The molecule has 0 aliphatic carbocycles. The van der Waals surface area contributed by atoms with Crippen LogP contribution in [0.1, 0.15) is 62.2 Å². The summed E-state index contributed by atoms with van der Waals surface area (Å²) < 4.78 is 58.7. The third kappa shape index (κ3) is 5.24. The highest BCUT2D eigenvalue weighted by molar-refractivity contribution is 6.26. The largest absolute Gasteiger partial charge is 0.460 e. The van der Waals surface area contributed by atoms with Gasteiger partial charge in [-0.1, -0.05) is 131 Å². The van der Waals surface area contributed by atoms with Crippen molar-refractivity contribution in [1.29, 1.82) is 0 Å². The van der Waals surface area contributed by atoms with Gasteiger partial charge in [0.2, 0.25) is 0 Å². The number of fused-ring (bicyclic) bond motifs is 7. The Morgan fingerprint density at radius 3 is 1.68 bits per heavy atom. The summed E-state index contributed by atoms with van der Waals surface area (Å²) in [5, 5.41) is 6.70. The van der Waals surface area contributed by atoms with Crippen molar-refractivity contribution < 1.29 is 22.0 Å². The molecule has 0 unspecified atom stereocenters. The number of hydrogen-bond donors (Lipinski definition) is 0. The van der Waals surface area contributed by atoms with Gasteiger partial charge in [0.15, 0.2) is 0 Å². The lowest BCUT2D eigenvalue weighted by molar-refractivity contribution is -0.137. The quantitative estimate of drug-likeness (QED) is 0.178. The van der Waals surface area contributed by atoms with Gasteiger partial charge in [-0.2, -0.15) is 13.2 Å². The molecule has 0 amide bonds. The first kappa shape index (κ1) is 33.1. The van der Waals surface area contributed by atoms with Crippen LogP contribution in [-0.4, -0.2) is 0 Å². The maximum absolute atomic E-state index is 15.2. The van der Waals surface area contributed by atoms with Gasteiger partial charge in [0.25, 0.3) is 0 Å². The highest BCUT2D eigenvalue weighted by atomic mass is 19.4. The molecule has 0 saturated carbocycles. The normalized spacial score (nSPS) is 12.5. The predicted molar refractivity (Wildman–Crippen MR) is 213 cm³/mol. The predicted octanol–water partition coefficient (Wildman–Crippen LogP) is 15.2. The SMILES string of the molecule is Cc1c(C(C)C)oc2c1cc(-c1ccc(-c3cccc4ccccc34)cc1)c1c3oc(C(C)C)c(C(F)(F)F)c3cc(-c3ccc4ccccc4c3)c21. The van der Waals surface area contributed by atoms with Crippen LogP contribution in [-0.2, 0) is 6.18 Å². The van der Waals surface area contributed by atoms with E-state index in [9.17, 15) is 0 Å². The zero-order chi connectivity index (χ0) is 36.8. The van der Waals surface area contributed by atoms with Gasteiger partial charge < -0.3 is 8.83 Å². The van der Waals surface area contributed by atoms with E-state index < -0.39 is 17.7 Å². The number of alkyl halides is 3. The molecule has 2 aromatic heterocycles. The number of hydrogen-bond acceptors (Lipinski definition) is 2. The third-order valence-corrected chi connectivity index (χ3v) is 10.7. The van der Waals surface area contributed by atoms with Crippen molar-refractivity contribution in [2.75, 3.05) is 0 Å². The molecule has 0 bridgehead atoms. The number of rotatable bonds is 5. The molecule has 0 aliphatic rings. The second-order valence-electron chi connectivity index (χ2n) is 14.8. The van der Waals surface area contributed by atoms with Crippen molar-refractivity contribution in [3.63, 3.8) is 0 Å². The number of furan rings is 2. The second kappa shape index (κ2) is 12.1. The Hall–Kier alpha value is -5.81. The fourth-order valence-corrected chi connectivity index (χ4v) is 8.23. The lowest BCUT2D eigenvalue weighted by Gasteiger charge is -2.15. The van der Waals surface area contributed by atoms with Crippen LogP contribution in [0.3, 0.4) is 0 Å². The standard InChI is InChI=1S/C48H37F3O2/c1-26(2)44-28(5)37-24-38(32-20-18-31(19-21-32)36-16-10-14-30-12-8-9-15-35(30)36)41-42(46(37)52-44)39(34-22-17-29-11-6-7-13-33(29)23-34)25-40-43(48(49,50)51)45(27(3)4)53-47(40)41/h6-27H,1-5H3. The fraction of sp³-hybridized carbons (Fsp3) is 0.167. The zero-order valence-electron chi connectivity index (χ0n) is 30.2. The van der Waals surface area contributed by atoms with E-state index in [1.165, 1.54) is 0 Å². The molecular weight excluding hydrogens is 666 g/mol. The minimum absolute atomic E-state index is 0.0530. The molecule has 0 aliphatic heterocycles. The number of aryl methyl sites for hydroxylation is 1. The average molecular weight is 703 g/mol. The van der Waals surface area contributed by atoms with Gasteiger partial charge in [0.05, 0.1) is 0 Å². The van der Waals surface area contributed by atoms with Crippen LogP contribution in [0.15, 0.2) is 130 Å². The maximum atomic E-state index is 15.2. The summed E-state index contributed by atoms with van der Waals surface area (Å²) in [6.45, 7) is 9.75. The summed E-state index contributed by atoms with van der Waals surface area (Å²) >= 11 is 0. The van der Waals surface area contributed by atoms with Gasteiger partial charge in [-0.05, 0) is 85.6 Å². The summed E-state index contributed by atoms with van der Waals surface area (Å²) in [7, 11) is 0. The van der Waals surface area contributed by atoms with Gasteiger partial charge in [0.1, 0.15) is 28.2 Å². The molecular formula is C48H37F3O2. The second-order valence-corrected chi connectivity index (χ2v) is 14.8. The van der Waals surface area contributed by atoms with Gasteiger partial charge >= 0.3 is 6.18 Å². The van der Waals surface area contributed by atoms with Gasteiger partial charge in [-0.3, -0.25) is 0 Å². The smallest absolute Gasteiger partial charge is 0.420 e. The molecule has 9 rings (SSSR count). The Kier molecular flexibility index (Phi) is 7.56. The Bertz CT molecular complexity index is 2880. The van der Waals surface area contributed by atoms with Crippen molar-refractivity contribution in [2.24, 2.45) is 0 Å². The summed E-state index contributed by atoms with van der Waals surface area (Å²) in [5.41, 5.74) is 6.49. The van der Waals surface area contributed by atoms with E-state index in [-0.39, 0.29) is 22.6 Å². The summed E-state index contributed by atoms with van der Waals surface area (Å²) in [6.07, 6.45) is -4.63. The summed E-state index contributed by atoms with van der Waals surface area (Å²) in [5.74, 6) is 0.387. The van der Waals surface area contributed by atoms with Crippen LogP contribution in [0.2, 0.25) is 0 Å². The lowest BCUT2D eigenvalue weighted by atomic mass is 9.87. The summed E-state index contributed by atoms with van der Waals surface area (Å²) in [6, 6.07) is 40.8. The molecule has 0 radical (unpaired) electrons. The van der Waals surface area contributed by atoms with E-state index in [1.807, 2.05) is 48.5 Å². The molecule has 7 aromatic carbocycles. The van der Waals surface area contributed by atoms with Crippen LogP contribution >= 0.6 is 0 Å². The Balaban J connectivity index is 1.43. The van der Waals surface area contributed by atoms with Crippen LogP contribution < -0.4 is 0 Å². The van der Waals surface area contributed by atoms with Gasteiger partial charge in [-0.15, -0.1) is 0 Å². The number of halogens is 3. The molecule has 2 nitrogen and oxygen atoms in total. The minimum Gasteiger partial charge on any atom is -0.460 e. The zero-order valence-corrected chi connectivity index (χ0v) is 30.2. The van der Waals surface area contributed by atoms with E-state index in [1.54, 1.807) is 19.9 Å². The molecule has 262 valence electrons. The van der Waals surface area contributed by atoms with E-state index in [2.05, 4.69) is 87.5 Å². The third-order valence-electron chi connectivity index (χ3n) is 10.7. The Morgan fingerprint density at radius 2 is 1.00 bits per heavy atom. The van der Waals surface area contributed by atoms with E-state index >= 15 is 13.2 Å². The first-order chi connectivity index (χ1) is 25.5. The first-order valence-electron chi connectivity index (χ1n) is 18.1. The minimum atomic E-state index is -4.63. The average Bonchev–Trinajstić information content (AvgIpc) is 3.72. The van der Waals surface area contributed by atoms with Crippen LogP contribution in [0.4, 0.5) is 13.2 Å². The maximum Gasteiger partial charge on any atom is 0.420 e. The molecule has 0 spiro atoms. The van der Waals surface area contributed by atoms with E-state index in [4.69, 9.17) is 8.83 Å². The molecule has 5 heteroatoms. The van der Waals surface area contributed by atoms with Crippen molar-refractivity contribution >= 4 is 54.3 Å². The van der Waals surface area contributed by atoms with E-state index in [0.29, 0.717) is 16.5 Å². The highest BCUT2D eigenvalue weighted by Gasteiger charge is 2.40. The molecule has 0 atom stereocenters. The molecule has 0 saturated heterocycles.